The molecule has 0 bridgehead atoms. The lowest BCUT2D eigenvalue weighted by atomic mass is 9.63. The van der Waals surface area contributed by atoms with Gasteiger partial charge in [-0.3, -0.25) is 4.79 Å². The zero-order chi connectivity index (χ0) is 31.7. The van der Waals surface area contributed by atoms with Crippen molar-refractivity contribution in [1.29, 1.82) is 0 Å². The zero-order valence-corrected chi connectivity index (χ0v) is 28.8. The number of allylic oxidation sites excluding steroid dienone is 1. The Morgan fingerprint density at radius 1 is 0.860 bits per heavy atom. The lowest BCUT2D eigenvalue weighted by Crippen LogP contribution is -2.48. The molecule has 2 rings (SSSR count). The normalized spacial score (nSPS) is 21.3. The summed E-state index contributed by atoms with van der Waals surface area (Å²) in [5.41, 5.74) is 1.25. The van der Waals surface area contributed by atoms with E-state index in [0.717, 1.165) is 50.5 Å². The molecule has 0 radical (unpaired) electrons. The molecule has 6 nitrogen and oxygen atoms in total. The summed E-state index contributed by atoms with van der Waals surface area (Å²) in [6.45, 7) is 11.8. The number of rotatable bonds is 20. The van der Waals surface area contributed by atoms with Gasteiger partial charge in [-0.1, -0.05) is 129 Å². The van der Waals surface area contributed by atoms with E-state index in [9.17, 15) is 14.4 Å². The lowest BCUT2D eigenvalue weighted by molar-refractivity contribution is -0.158. The lowest BCUT2D eigenvalue weighted by Gasteiger charge is -2.43. The predicted molar refractivity (Wildman–Crippen MR) is 176 cm³/mol. The van der Waals surface area contributed by atoms with Crippen LogP contribution in [0, 0.1) is 5.41 Å². The van der Waals surface area contributed by atoms with Crippen LogP contribution in [0.4, 0.5) is 4.79 Å². The van der Waals surface area contributed by atoms with E-state index in [4.69, 9.17) is 9.47 Å². The highest BCUT2D eigenvalue weighted by Gasteiger charge is 2.44. The van der Waals surface area contributed by atoms with E-state index in [0.29, 0.717) is 12.8 Å². The highest BCUT2D eigenvalue weighted by atomic mass is 16.6. The number of alkyl carbamates (subject to hydrolysis) is 1. The smallest absolute Gasteiger partial charge is 0.408 e. The Morgan fingerprint density at radius 2 is 1.37 bits per heavy atom. The number of unbranched alkanes of at least 4 members (excludes halogenated alkanes) is 15. The van der Waals surface area contributed by atoms with Crippen molar-refractivity contribution in [2.24, 2.45) is 5.41 Å². The Hall–Kier alpha value is -1.85. The fraction of sp³-hybridized carbons (Fsp3) is 0.865. The SMILES string of the molecule is CCCCCCCCCCCCCCCCCCC(NC(=O)OC(C)(C)C)C(=O)O[C@@H]1C[C@]2(C)CCCCC2=C(C)C1=O. The molecular weight excluding hydrogens is 538 g/mol. The largest absolute Gasteiger partial charge is 0.452 e. The number of hydrogen-bond donors (Lipinski definition) is 1. The van der Waals surface area contributed by atoms with Gasteiger partial charge in [-0.25, -0.2) is 9.59 Å². The molecule has 1 unspecified atom stereocenters. The molecule has 0 aromatic heterocycles. The number of esters is 1. The first kappa shape index (κ1) is 37.3. The van der Waals surface area contributed by atoms with Crippen LogP contribution in [0.15, 0.2) is 11.1 Å². The summed E-state index contributed by atoms with van der Waals surface area (Å²) in [5.74, 6) is -0.609. The van der Waals surface area contributed by atoms with Gasteiger partial charge in [-0.15, -0.1) is 0 Å². The number of fused-ring (bicyclic) bond motifs is 1. The molecule has 1 saturated carbocycles. The summed E-state index contributed by atoms with van der Waals surface area (Å²) in [6.07, 6.45) is 24.3. The number of ether oxygens (including phenoxy) is 2. The van der Waals surface area contributed by atoms with E-state index < -0.39 is 29.8 Å². The average Bonchev–Trinajstić information content (AvgIpc) is 2.93. The van der Waals surface area contributed by atoms with E-state index >= 15 is 0 Å². The van der Waals surface area contributed by atoms with Crippen molar-refractivity contribution >= 4 is 17.8 Å². The van der Waals surface area contributed by atoms with Gasteiger partial charge < -0.3 is 14.8 Å². The number of amides is 1. The maximum atomic E-state index is 13.4. The summed E-state index contributed by atoms with van der Waals surface area (Å²) < 4.78 is 11.3. The Morgan fingerprint density at radius 3 is 1.88 bits per heavy atom. The number of hydrogen-bond acceptors (Lipinski definition) is 5. The summed E-state index contributed by atoms with van der Waals surface area (Å²) >= 11 is 0. The molecule has 2 aliphatic rings. The van der Waals surface area contributed by atoms with E-state index in [-0.39, 0.29) is 11.2 Å². The van der Waals surface area contributed by atoms with Crippen LogP contribution in [0.1, 0.15) is 183 Å². The molecule has 3 atom stereocenters. The number of carbonyl (C=O) groups is 3. The van der Waals surface area contributed by atoms with Crippen molar-refractivity contribution in [2.45, 2.75) is 201 Å². The Bertz CT molecular complexity index is 888. The molecule has 1 amide bonds. The van der Waals surface area contributed by atoms with Gasteiger partial charge in [0.15, 0.2) is 11.9 Å². The third-order valence-electron chi connectivity index (χ3n) is 9.46. The van der Waals surface area contributed by atoms with Gasteiger partial charge in [0, 0.05) is 6.42 Å². The minimum atomic E-state index is -0.820. The van der Waals surface area contributed by atoms with Crippen LogP contribution >= 0.6 is 0 Å². The molecule has 0 aliphatic heterocycles. The average molecular weight is 604 g/mol. The summed E-state index contributed by atoms with van der Waals surface area (Å²) in [5, 5.41) is 2.75. The molecule has 6 heteroatoms. The number of carbonyl (C=O) groups excluding carboxylic acids is 3. The van der Waals surface area contributed by atoms with Gasteiger partial charge in [0.1, 0.15) is 11.6 Å². The fourth-order valence-electron chi connectivity index (χ4n) is 6.94. The summed E-state index contributed by atoms with van der Waals surface area (Å²) in [7, 11) is 0. The quantitative estimate of drug-likeness (QED) is 0.111. The predicted octanol–water partition coefficient (Wildman–Crippen LogP) is 10.3. The standard InChI is InChI=1S/C37H65NO5/c1-7-8-9-10-11-12-13-14-15-16-17-18-19-20-21-22-26-31(38-35(41)43-36(3,4)5)34(40)42-32-28-37(6)27-24-23-25-30(37)29(2)33(32)39/h31-32H,7-28H2,1-6H3,(H,38,41)/t31?,32-,37+/m1/s1. The van der Waals surface area contributed by atoms with Crippen molar-refractivity contribution in [3.8, 4) is 0 Å². The molecule has 0 heterocycles. The van der Waals surface area contributed by atoms with Crippen molar-refractivity contribution in [3.63, 3.8) is 0 Å². The molecule has 0 aromatic carbocycles. The second-order valence-electron chi connectivity index (χ2n) is 14.7. The van der Waals surface area contributed by atoms with Gasteiger partial charge in [-0.05, 0) is 64.4 Å². The minimum Gasteiger partial charge on any atom is -0.452 e. The highest BCUT2D eigenvalue weighted by molar-refractivity contribution is 6.01. The fourth-order valence-corrected chi connectivity index (χ4v) is 6.94. The van der Waals surface area contributed by atoms with E-state index in [1.807, 2.05) is 6.92 Å². The van der Waals surface area contributed by atoms with Gasteiger partial charge in [0.25, 0.3) is 0 Å². The molecule has 0 aromatic rings. The van der Waals surface area contributed by atoms with E-state index in [1.54, 1.807) is 20.8 Å². The van der Waals surface area contributed by atoms with Crippen molar-refractivity contribution in [1.82, 2.24) is 5.32 Å². The molecular formula is C37H65NO5. The number of Topliss-reactive ketones (excluding diaryl/α,β-unsaturated/α-hetero) is 1. The maximum Gasteiger partial charge on any atom is 0.408 e. The van der Waals surface area contributed by atoms with Crippen molar-refractivity contribution in [2.75, 3.05) is 0 Å². The second-order valence-corrected chi connectivity index (χ2v) is 14.7. The molecule has 0 spiro atoms. The third kappa shape index (κ3) is 14.2. The van der Waals surface area contributed by atoms with Crippen LogP contribution < -0.4 is 5.32 Å². The van der Waals surface area contributed by atoms with Gasteiger partial charge in [0.05, 0.1) is 0 Å². The minimum absolute atomic E-state index is 0.0823. The topological polar surface area (TPSA) is 81.7 Å². The molecule has 1 fully saturated rings. The first-order valence-electron chi connectivity index (χ1n) is 17.9. The Labute approximate surface area is 263 Å². The molecule has 1 N–H and O–H groups in total. The first-order valence-corrected chi connectivity index (χ1v) is 17.9. The zero-order valence-electron chi connectivity index (χ0n) is 28.8. The second kappa shape index (κ2) is 19.5. The van der Waals surface area contributed by atoms with Crippen LogP contribution in [0.25, 0.3) is 0 Å². The summed E-state index contributed by atoms with van der Waals surface area (Å²) in [6, 6.07) is -0.820. The third-order valence-corrected chi connectivity index (χ3v) is 9.46. The van der Waals surface area contributed by atoms with Gasteiger partial charge in [0.2, 0.25) is 0 Å². The van der Waals surface area contributed by atoms with E-state index in [2.05, 4.69) is 19.2 Å². The summed E-state index contributed by atoms with van der Waals surface area (Å²) in [4.78, 5) is 39.1. The molecule has 0 saturated heterocycles. The molecule has 248 valence electrons. The van der Waals surface area contributed by atoms with Crippen LogP contribution in [0.5, 0.6) is 0 Å². The van der Waals surface area contributed by atoms with Crippen LogP contribution in [-0.2, 0) is 19.1 Å². The maximum absolute atomic E-state index is 13.4. The van der Waals surface area contributed by atoms with Crippen LogP contribution in [0.2, 0.25) is 0 Å². The van der Waals surface area contributed by atoms with Crippen LogP contribution in [-0.4, -0.2) is 35.6 Å². The Kier molecular flexibility index (Phi) is 16.9. The van der Waals surface area contributed by atoms with Gasteiger partial charge in [-0.2, -0.15) is 0 Å². The molecule has 43 heavy (non-hydrogen) atoms. The van der Waals surface area contributed by atoms with Crippen molar-refractivity contribution in [3.05, 3.63) is 11.1 Å². The monoisotopic (exact) mass is 603 g/mol. The van der Waals surface area contributed by atoms with Crippen molar-refractivity contribution < 1.29 is 23.9 Å². The number of ketones is 1. The van der Waals surface area contributed by atoms with E-state index in [1.165, 1.54) is 89.0 Å². The first-order chi connectivity index (χ1) is 20.5. The van der Waals surface area contributed by atoms with Gasteiger partial charge >= 0.3 is 12.1 Å². The molecule has 2 aliphatic carbocycles. The number of nitrogens with one attached hydrogen (secondary N) is 1. The van der Waals surface area contributed by atoms with Crippen LogP contribution in [0.3, 0.4) is 0 Å². The Balaban J connectivity index is 1.73. The highest BCUT2D eigenvalue weighted by Crippen LogP contribution is 2.49.